The van der Waals surface area contributed by atoms with Crippen LogP contribution in [0.25, 0.3) is 5.69 Å². The van der Waals surface area contributed by atoms with Gasteiger partial charge in [0.1, 0.15) is 23.1 Å². The molecule has 0 aliphatic rings. The second-order valence-electron chi connectivity index (χ2n) is 2.89. The minimum Gasteiger partial charge on any atom is -0.506 e. The Morgan fingerprint density at radius 1 is 1.21 bits per heavy atom. The minimum absolute atomic E-state index is 0.113. The maximum absolute atomic E-state index is 9.54. The van der Waals surface area contributed by atoms with Crippen LogP contribution in [-0.4, -0.2) is 14.9 Å². The van der Waals surface area contributed by atoms with E-state index < -0.39 is 0 Å². The van der Waals surface area contributed by atoms with Crippen molar-refractivity contribution in [3.63, 3.8) is 0 Å². The molecule has 0 radical (unpaired) electrons. The summed E-state index contributed by atoms with van der Waals surface area (Å²) in [6.45, 7) is 0. The Bertz CT molecular complexity index is 464. The Balaban J connectivity index is 2.60. The molecule has 2 rings (SSSR count). The highest BCUT2D eigenvalue weighted by molar-refractivity contribution is 5.53. The van der Waals surface area contributed by atoms with Crippen molar-refractivity contribution in [2.75, 3.05) is 11.5 Å². The summed E-state index contributed by atoms with van der Waals surface area (Å²) in [6, 6.07) is 8.31. The number of nitrogens with zero attached hydrogens (tertiary/aromatic N) is 2. The monoisotopic (exact) mass is 190 g/mol. The van der Waals surface area contributed by atoms with Crippen LogP contribution in [0.4, 0.5) is 11.6 Å². The second kappa shape index (κ2) is 2.95. The van der Waals surface area contributed by atoms with Crippen molar-refractivity contribution < 1.29 is 5.11 Å². The molecule has 0 fully saturated rings. The van der Waals surface area contributed by atoms with Gasteiger partial charge < -0.3 is 16.6 Å². The topological polar surface area (TPSA) is 90.1 Å². The summed E-state index contributed by atoms with van der Waals surface area (Å²) >= 11 is 0. The Labute approximate surface area is 80.6 Å². The maximum atomic E-state index is 9.54. The Morgan fingerprint density at radius 2 is 1.93 bits per heavy atom. The summed E-state index contributed by atoms with van der Waals surface area (Å²) in [4.78, 5) is 0. The number of nitrogens with two attached hydrogens (primary N) is 2. The lowest BCUT2D eigenvalue weighted by molar-refractivity contribution is 0.471. The summed E-state index contributed by atoms with van der Waals surface area (Å²) in [7, 11) is 0. The van der Waals surface area contributed by atoms with Gasteiger partial charge in [-0.1, -0.05) is 12.1 Å². The smallest absolute Gasteiger partial charge is 0.148 e. The van der Waals surface area contributed by atoms with Crippen LogP contribution < -0.4 is 11.5 Å². The summed E-state index contributed by atoms with van der Waals surface area (Å²) in [6.07, 6.45) is 0. The van der Waals surface area contributed by atoms with Crippen molar-refractivity contribution in [2.24, 2.45) is 0 Å². The number of nitrogen functional groups attached to an aromatic ring is 2. The van der Waals surface area contributed by atoms with Crippen LogP contribution in [-0.2, 0) is 0 Å². The summed E-state index contributed by atoms with van der Waals surface area (Å²) in [5.41, 5.74) is 11.6. The minimum atomic E-state index is 0.113. The SMILES string of the molecule is Nc1cc(N)n(-c2ccccc2O)n1. The van der Waals surface area contributed by atoms with Gasteiger partial charge in [0.2, 0.25) is 0 Å². The highest BCUT2D eigenvalue weighted by Gasteiger charge is 2.07. The average molecular weight is 190 g/mol. The highest BCUT2D eigenvalue weighted by atomic mass is 16.3. The van der Waals surface area contributed by atoms with E-state index in [2.05, 4.69) is 5.10 Å². The van der Waals surface area contributed by atoms with Crippen LogP contribution in [0.15, 0.2) is 30.3 Å². The molecule has 0 bridgehead atoms. The van der Waals surface area contributed by atoms with E-state index in [1.165, 1.54) is 10.7 Å². The first-order chi connectivity index (χ1) is 6.68. The Morgan fingerprint density at radius 3 is 2.50 bits per heavy atom. The second-order valence-corrected chi connectivity index (χ2v) is 2.89. The molecular weight excluding hydrogens is 180 g/mol. The molecule has 5 N–H and O–H groups in total. The van der Waals surface area contributed by atoms with E-state index >= 15 is 0 Å². The number of phenolic OH excluding ortho intramolecular Hbond substituents is 1. The normalized spacial score (nSPS) is 10.3. The number of hydrogen-bond donors (Lipinski definition) is 3. The molecule has 1 aromatic carbocycles. The van der Waals surface area contributed by atoms with Gasteiger partial charge in [-0.2, -0.15) is 0 Å². The molecule has 1 aromatic heterocycles. The number of aromatic hydroxyl groups is 1. The lowest BCUT2D eigenvalue weighted by Crippen LogP contribution is -2.01. The van der Waals surface area contributed by atoms with Gasteiger partial charge in [0.25, 0.3) is 0 Å². The van der Waals surface area contributed by atoms with Crippen molar-refractivity contribution in [2.45, 2.75) is 0 Å². The number of rotatable bonds is 1. The summed E-state index contributed by atoms with van der Waals surface area (Å²) < 4.78 is 1.39. The summed E-state index contributed by atoms with van der Waals surface area (Å²) in [5, 5.41) is 13.5. The first kappa shape index (κ1) is 8.43. The van der Waals surface area contributed by atoms with Crippen LogP contribution in [0, 0.1) is 0 Å². The molecule has 5 nitrogen and oxygen atoms in total. The fraction of sp³-hybridized carbons (Fsp3) is 0. The third-order valence-corrected chi connectivity index (χ3v) is 1.87. The van der Waals surface area contributed by atoms with Crippen LogP contribution in [0.3, 0.4) is 0 Å². The van der Waals surface area contributed by atoms with Gasteiger partial charge in [0.05, 0.1) is 0 Å². The number of aromatic nitrogens is 2. The first-order valence-corrected chi connectivity index (χ1v) is 4.08. The van der Waals surface area contributed by atoms with Crippen molar-refractivity contribution in [1.82, 2.24) is 9.78 Å². The molecule has 0 saturated heterocycles. The van der Waals surface area contributed by atoms with E-state index in [-0.39, 0.29) is 5.75 Å². The zero-order chi connectivity index (χ0) is 10.1. The van der Waals surface area contributed by atoms with E-state index in [9.17, 15) is 5.11 Å². The molecule has 1 heterocycles. The zero-order valence-corrected chi connectivity index (χ0v) is 7.38. The van der Waals surface area contributed by atoms with Gasteiger partial charge in [-0.15, -0.1) is 5.10 Å². The number of benzene rings is 1. The van der Waals surface area contributed by atoms with Crippen LogP contribution >= 0.6 is 0 Å². The average Bonchev–Trinajstić information content (AvgIpc) is 2.46. The molecule has 0 amide bonds. The Kier molecular flexibility index (Phi) is 1.78. The summed E-state index contributed by atoms with van der Waals surface area (Å²) in [5.74, 6) is 0.831. The third kappa shape index (κ3) is 1.24. The largest absolute Gasteiger partial charge is 0.506 e. The molecule has 0 spiro atoms. The molecule has 5 heteroatoms. The van der Waals surface area contributed by atoms with E-state index in [0.717, 1.165) is 0 Å². The lowest BCUT2D eigenvalue weighted by Gasteiger charge is -2.04. The molecule has 14 heavy (non-hydrogen) atoms. The Hall–Kier alpha value is -2.17. The molecule has 0 atom stereocenters. The fourth-order valence-electron chi connectivity index (χ4n) is 1.25. The quantitative estimate of drug-likeness (QED) is 0.618. The zero-order valence-electron chi connectivity index (χ0n) is 7.38. The van der Waals surface area contributed by atoms with Crippen molar-refractivity contribution in [3.8, 4) is 11.4 Å². The molecule has 0 unspecified atom stereocenters. The number of para-hydroxylation sites is 2. The molecule has 0 aliphatic carbocycles. The molecular formula is C9H10N4O. The maximum Gasteiger partial charge on any atom is 0.148 e. The number of phenols is 1. The van der Waals surface area contributed by atoms with Gasteiger partial charge in [-0.3, -0.25) is 0 Å². The van der Waals surface area contributed by atoms with Gasteiger partial charge in [-0.05, 0) is 12.1 Å². The number of anilines is 2. The van der Waals surface area contributed by atoms with E-state index in [4.69, 9.17) is 11.5 Å². The van der Waals surface area contributed by atoms with Gasteiger partial charge in [0, 0.05) is 6.07 Å². The van der Waals surface area contributed by atoms with Crippen molar-refractivity contribution >= 4 is 11.6 Å². The fourth-order valence-corrected chi connectivity index (χ4v) is 1.25. The van der Waals surface area contributed by atoms with Gasteiger partial charge >= 0.3 is 0 Å². The standard InChI is InChI=1S/C9H10N4O/c10-8-5-9(11)13(12-8)6-3-1-2-4-7(6)14/h1-5,14H,11H2,(H2,10,12). The van der Waals surface area contributed by atoms with Crippen molar-refractivity contribution in [1.29, 1.82) is 0 Å². The number of hydrogen-bond acceptors (Lipinski definition) is 4. The predicted octanol–water partition coefficient (Wildman–Crippen LogP) is 0.742. The molecule has 0 saturated carbocycles. The van der Waals surface area contributed by atoms with E-state index in [0.29, 0.717) is 17.3 Å². The van der Waals surface area contributed by atoms with Gasteiger partial charge in [-0.25, -0.2) is 4.68 Å². The predicted molar refractivity (Wildman–Crippen MR) is 54.1 cm³/mol. The van der Waals surface area contributed by atoms with Crippen molar-refractivity contribution in [3.05, 3.63) is 30.3 Å². The first-order valence-electron chi connectivity index (χ1n) is 4.08. The lowest BCUT2D eigenvalue weighted by atomic mass is 10.3. The molecule has 72 valence electrons. The van der Waals surface area contributed by atoms with Crippen LogP contribution in [0.1, 0.15) is 0 Å². The van der Waals surface area contributed by atoms with Crippen LogP contribution in [0.2, 0.25) is 0 Å². The molecule has 0 aliphatic heterocycles. The highest BCUT2D eigenvalue weighted by Crippen LogP contribution is 2.23. The van der Waals surface area contributed by atoms with E-state index in [1.807, 2.05) is 0 Å². The van der Waals surface area contributed by atoms with E-state index in [1.54, 1.807) is 24.3 Å². The van der Waals surface area contributed by atoms with Gasteiger partial charge in [0.15, 0.2) is 0 Å². The molecule has 2 aromatic rings. The third-order valence-electron chi connectivity index (χ3n) is 1.87. The van der Waals surface area contributed by atoms with Crippen LogP contribution in [0.5, 0.6) is 5.75 Å².